The van der Waals surface area contributed by atoms with E-state index in [2.05, 4.69) is 24.8 Å². The minimum Gasteiger partial charge on any atom is -0.384 e. The molecule has 3 aromatic heterocycles. The molecule has 0 radical (unpaired) electrons. The fourth-order valence-electron chi connectivity index (χ4n) is 2.76. The van der Waals surface area contributed by atoms with Crippen LogP contribution < -0.4 is 16.4 Å². The van der Waals surface area contributed by atoms with E-state index in [-0.39, 0.29) is 0 Å². The number of aromatic amines is 1. The largest absolute Gasteiger partial charge is 0.384 e. The quantitative estimate of drug-likeness (QED) is 0.646. The third-order valence-corrected chi connectivity index (χ3v) is 3.85. The number of H-pyrrole nitrogens is 1. The van der Waals surface area contributed by atoms with Crippen molar-refractivity contribution in [1.82, 2.24) is 19.9 Å². The highest BCUT2D eigenvalue weighted by molar-refractivity contribution is 5.94. The monoisotopic (exact) mass is 311 g/mol. The second kappa shape index (κ2) is 5.40. The summed E-state index contributed by atoms with van der Waals surface area (Å²) in [4.78, 5) is 18.5. The Morgan fingerprint density at radius 3 is 2.65 bits per heavy atom. The van der Waals surface area contributed by atoms with Crippen molar-refractivity contribution in [3.63, 3.8) is 0 Å². The summed E-state index contributed by atoms with van der Waals surface area (Å²) in [5.74, 6) is 1.47. The van der Waals surface area contributed by atoms with E-state index in [0.717, 1.165) is 35.4 Å². The molecule has 1 aliphatic rings. The molecule has 4 rings (SSSR count). The number of fused-ring (bicyclic) bond motifs is 1. The maximum atomic E-state index is 6.00. The molecule has 0 spiro atoms. The summed E-state index contributed by atoms with van der Waals surface area (Å²) >= 11 is 0. The molecule has 8 heteroatoms. The van der Waals surface area contributed by atoms with Crippen LogP contribution in [0.2, 0.25) is 0 Å². The lowest BCUT2D eigenvalue weighted by Crippen LogP contribution is -2.37. The number of morpholine rings is 1. The first-order valence-corrected chi connectivity index (χ1v) is 7.42. The van der Waals surface area contributed by atoms with E-state index >= 15 is 0 Å². The Balaban J connectivity index is 1.84. The molecule has 0 atom stereocenters. The summed E-state index contributed by atoms with van der Waals surface area (Å²) in [6.07, 6.45) is 1.83. The molecule has 0 saturated carbocycles. The van der Waals surface area contributed by atoms with Crippen molar-refractivity contribution >= 4 is 28.6 Å². The van der Waals surface area contributed by atoms with Crippen molar-refractivity contribution < 1.29 is 4.74 Å². The zero-order valence-electron chi connectivity index (χ0n) is 12.5. The van der Waals surface area contributed by atoms with E-state index in [1.54, 1.807) is 12.1 Å². The van der Waals surface area contributed by atoms with Gasteiger partial charge in [-0.15, -0.1) is 0 Å². The SMILES string of the molecule is Nc1cc(-c2cc(N)nc3[nH]ccc23)nc(N2CCOCC2)n1. The molecule has 0 amide bonds. The van der Waals surface area contributed by atoms with Gasteiger partial charge in [-0.2, -0.15) is 4.98 Å². The lowest BCUT2D eigenvalue weighted by molar-refractivity contribution is 0.122. The average molecular weight is 311 g/mol. The molecule has 23 heavy (non-hydrogen) atoms. The van der Waals surface area contributed by atoms with Gasteiger partial charge >= 0.3 is 0 Å². The van der Waals surface area contributed by atoms with Crippen molar-refractivity contribution in [2.24, 2.45) is 0 Å². The Morgan fingerprint density at radius 2 is 1.83 bits per heavy atom. The molecule has 1 saturated heterocycles. The molecule has 1 aliphatic heterocycles. The topological polar surface area (TPSA) is 119 Å². The Morgan fingerprint density at radius 1 is 1.04 bits per heavy atom. The van der Waals surface area contributed by atoms with Gasteiger partial charge in [0.15, 0.2) is 0 Å². The van der Waals surface area contributed by atoms with Gasteiger partial charge in [-0.25, -0.2) is 9.97 Å². The smallest absolute Gasteiger partial charge is 0.228 e. The fraction of sp³-hybridized carbons (Fsp3) is 0.267. The molecular formula is C15H17N7O. The molecule has 1 fully saturated rings. The number of aromatic nitrogens is 4. The van der Waals surface area contributed by atoms with Crippen molar-refractivity contribution in [2.45, 2.75) is 0 Å². The van der Waals surface area contributed by atoms with Gasteiger partial charge in [-0.05, 0) is 12.1 Å². The second-order valence-electron chi connectivity index (χ2n) is 5.41. The number of nitrogens with zero attached hydrogens (tertiary/aromatic N) is 4. The highest BCUT2D eigenvalue weighted by Crippen LogP contribution is 2.29. The van der Waals surface area contributed by atoms with Crippen LogP contribution in [0.4, 0.5) is 17.6 Å². The maximum absolute atomic E-state index is 6.00. The van der Waals surface area contributed by atoms with Gasteiger partial charge < -0.3 is 26.1 Å². The van der Waals surface area contributed by atoms with Crippen LogP contribution in [0, 0.1) is 0 Å². The molecular weight excluding hydrogens is 294 g/mol. The normalized spacial score (nSPS) is 15.2. The lowest BCUT2D eigenvalue weighted by atomic mass is 10.1. The summed E-state index contributed by atoms with van der Waals surface area (Å²) in [5, 5.41) is 0.949. The fourth-order valence-corrected chi connectivity index (χ4v) is 2.76. The second-order valence-corrected chi connectivity index (χ2v) is 5.41. The van der Waals surface area contributed by atoms with Gasteiger partial charge in [0.25, 0.3) is 0 Å². The summed E-state index contributed by atoms with van der Waals surface area (Å²) < 4.78 is 5.37. The maximum Gasteiger partial charge on any atom is 0.228 e. The highest BCUT2D eigenvalue weighted by atomic mass is 16.5. The number of rotatable bonds is 2. The van der Waals surface area contributed by atoms with Gasteiger partial charge in [0.1, 0.15) is 17.3 Å². The van der Waals surface area contributed by atoms with E-state index in [4.69, 9.17) is 16.2 Å². The van der Waals surface area contributed by atoms with Gasteiger partial charge in [0.05, 0.1) is 18.9 Å². The van der Waals surface area contributed by atoms with Crippen molar-refractivity contribution in [1.29, 1.82) is 0 Å². The zero-order valence-corrected chi connectivity index (χ0v) is 12.5. The molecule has 3 aromatic rings. The van der Waals surface area contributed by atoms with E-state index in [1.165, 1.54) is 0 Å². The van der Waals surface area contributed by atoms with Crippen LogP contribution in [0.3, 0.4) is 0 Å². The summed E-state index contributed by atoms with van der Waals surface area (Å²) in [6, 6.07) is 5.51. The number of nitrogens with one attached hydrogen (secondary N) is 1. The van der Waals surface area contributed by atoms with E-state index in [0.29, 0.717) is 30.8 Å². The van der Waals surface area contributed by atoms with Gasteiger partial charge in [-0.1, -0.05) is 0 Å². The Labute approximate surface area is 132 Å². The van der Waals surface area contributed by atoms with Crippen molar-refractivity contribution in [3.05, 3.63) is 24.4 Å². The highest BCUT2D eigenvalue weighted by Gasteiger charge is 2.17. The molecule has 8 nitrogen and oxygen atoms in total. The minimum absolute atomic E-state index is 0.426. The Kier molecular flexibility index (Phi) is 3.23. The Bertz CT molecular complexity index is 854. The first-order valence-electron chi connectivity index (χ1n) is 7.42. The molecule has 4 heterocycles. The van der Waals surface area contributed by atoms with Crippen LogP contribution in [-0.4, -0.2) is 46.2 Å². The molecule has 118 valence electrons. The van der Waals surface area contributed by atoms with Crippen LogP contribution in [0.5, 0.6) is 0 Å². The van der Waals surface area contributed by atoms with Crippen LogP contribution in [0.1, 0.15) is 0 Å². The number of nitrogens with two attached hydrogens (primary N) is 2. The van der Waals surface area contributed by atoms with Crippen molar-refractivity contribution in [3.8, 4) is 11.3 Å². The molecule has 0 unspecified atom stereocenters. The lowest BCUT2D eigenvalue weighted by Gasteiger charge is -2.27. The predicted octanol–water partition coefficient (Wildman–Crippen LogP) is 1.02. The number of hydrogen-bond acceptors (Lipinski definition) is 7. The molecule has 5 N–H and O–H groups in total. The predicted molar refractivity (Wildman–Crippen MR) is 89.0 cm³/mol. The summed E-state index contributed by atoms with van der Waals surface area (Å²) in [5.41, 5.74) is 14.3. The van der Waals surface area contributed by atoms with Gasteiger partial charge in [0, 0.05) is 36.3 Å². The van der Waals surface area contributed by atoms with Crippen molar-refractivity contribution in [2.75, 3.05) is 42.7 Å². The summed E-state index contributed by atoms with van der Waals surface area (Å²) in [7, 11) is 0. The molecule has 0 aromatic carbocycles. The van der Waals surface area contributed by atoms with Crippen LogP contribution >= 0.6 is 0 Å². The summed E-state index contributed by atoms with van der Waals surface area (Å²) in [6.45, 7) is 2.83. The first-order chi connectivity index (χ1) is 11.2. The average Bonchev–Trinajstić information content (AvgIpc) is 3.02. The van der Waals surface area contributed by atoms with Gasteiger partial charge in [0.2, 0.25) is 5.95 Å². The third-order valence-electron chi connectivity index (χ3n) is 3.85. The van der Waals surface area contributed by atoms with Crippen LogP contribution in [-0.2, 0) is 4.74 Å². The standard InChI is InChI=1S/C15H17N7O/c16-12-7-10(9-1-2-18-14(9)20-12)11-8-13(17)21-15(19-11)22-3-5-23-6-4-22/h1-2,7-8H,3-6H2,(H3,16,18,20)(H2,17,19,21). The van der Waals surface area contributed by atoms with E-state index < -0.39 is 0 Å². The third kappa shape index (κ3) is 2.53. The van der Waals surface area contributed by atoms with E-state index in [9.17, 15) is 0 Å². The van der Waals surface area contributed by atoms with E-state index in [1.807, 2.05) is 12.3 Å². The zero-order chi connectivity index (χ0) is 15.8. The number of hydrogen-bond donors (Lipinski definition) is 3. The number of ether oxygens (including phenoxy) is 1. The van der Waals surface area contributed by atoms with Gasteiger partial charge in [-0.3, -0.25) is 0 Å². The minimum atomic E-state index is 0.426. The number of anilines is 3. The van der Waals surface area contributed by atoms with Crippen LogP contribution in [0.25, 0.3) is 22.3 Å². The number of pyridine rings is 1. The molecule has 0 bridgehead atoms. The number of nitrogen functional groups attached to an aromatic ring is 2. The first kappa shape index (κ1) is 13.8. The molecule has 0 aliphatic carbocycles. The Hall–Kier alpha value is -2.87. The van der Waals surface area contributed by atoms with Crippen LogP contribution in [0.15, 0.2) is 24.4 Å².